The summed E-state index contributed by atoms with van der Waals surface area (Å²) in [5.74, 6) is 3.46. The average Bonchev–Trinajstić information content (AvgIpc) is 3.52. The van der Waals surface area contributed by atoms with Gasteiger partial charge in [0.1, 0.15) is 0 Å². The monoisotopic (exact) mass is 415 g/mol. The van der Waals surface area contributed by atoms with Crippen LogP contribution in [0.4, 0.5) is 4.79 Å². The molecule has 5 rings (SSSR count). The predicted molar refractivity (Wildman–Crippen MR) is 118 cm³/mol. The quantitative estimate of drug-likeness (QED) is 0.732. The number of likely N-dealkylation sites (tertiary alicyclic amines) is 2. The number of rotatable bonds is 4. The van der Waals surface area contributed by atoms with Gasteiger partial charge in [-0.3, -0.25) is 4.79 Å². The van der Waals surface area contributed by atoms with Crippen LogP contribution < -0.4 is 5.32 Å². The van der Waals surface area contributed by atoms with Gasteiger partial charge in [0.2, 0.25) is 5.91 Å². The highest BCUT2D eigenvalue weighted by Crippen LogP contribution is 2.50. The number of amides is 3. The van der Waals surface area contributed by atoms with E-state index in [2.05, 4.69) is 15.1 Å². The molecule has 0 aromatic carbocycles. The smallest absolute Gasteiger partial charge is 0.317 e. The van der Waals surface area contributed by atoms with E-state index in [4.69, 9.17) is 0 Å². The van der Waals surface area contributed by atoms with E-state index in [-0.39, 0.29) is 18.0 Å². The van der Waals surface area contributed by atoms with E-state index in [0.29, 0.717) is 11.9 Å². The molecule has 4 unspecified atom stereocenters. The maximum absolute atomic E-state index is 13.1. The first-order valence-corrected chi connectivity index (χ1v) is 13.0. The number of hydrogen-bond donors (Lipinski definition) is 1. The van der Waals surface area contributed by atoms with Gasteiger partial charge < -0.3 is 15.1 Å². The third-order valence-corrected chi connectivity index (χ3v) is 9.19. The highest BCUT2D eigenvalue weighted by molar-refractivity contribution is 5.79. The molecule has 0 aromatic heterocycles. The molecule has 1 N–H and O–H groups in total. The van der Waals surface area contributed by atoms with Crippen LogP contribution in [0.25, 0.3) is 0 Å². The minimum Gasteiger partial charge on any atom is -0.342 e. The molecule has 2 aliphatic heterocycles. The van der Waals surface area contributed by atoms with Crippen LogP contribution in [0.1, 0.15) is 89.9 Å². The van der Waals surface area contributed by atoms with Crippen LogP contribution in [0.3, 0.4) is 0 Å². The summed E-state index contributed by atoms with van der Waals surface area (Å²) in [5.41, 5.74) is 0. The van der Waals surface area contributed by atoms with Crippen molar-refractivity contribution in [2.24, 2.45) is 23.7 Å². The average molecular weight is 416 g/mol. The Balaban J connectivity index is 1.08. The number of carbonyl (C=O) groups excluding carboxylic acids is 2. The zero-order valence-corrected chi connectivity index (χ0v) is 18.7. The first-order chi connectivity index (χ1) is 14.7. The molecule has 5 nitrogen and oxygen atoms in total. The SMILES string of the molecule is O=C(C1CCCCC1)N1CCC(NC(=O)N2CCCC2CC2CC3CCC2C3)CC1. The van der Waals surface area contributed by atoms with Gasteiger partial charge in [-0.1, -0.05) is 25.7 Å². The fourth-order valence-corrected chi connectivity index (χ4v) is 7.47. The van der Waals surface area contributed by atoms with Crippen LogP contribution in [-0.2, 0) is 4.79 Å². The van der Waals surface area contributed by atoms with Crippen LogP contribution in [0.15, 0.2) is 0 Å². The number of piperidine rings is 1. The molecule has 3 aliphatic carbocycles. The van der Waals surface area contributed by atoms with E-state index in [1.807, 2.05) is 0 Å². The summed E-state index contributed by atoms with van der Waals surface area (Å²) in [4.78, 5) is 30.1. The van der Waals surface area contributed by atoms with Crippen LogP contribution in [0.2, 0.25) is 0 Å². The van der Waals surface area contributed by atoms with Crippen molar-refractivity contribution >= 4 is 11.9 Å². The molecular formula is C25H41N3O2. The van der Waals surface area contributed by atoms with E-state index in [9.17, 15) is 9.59 Å². The Kier molecular flexibility index (Phi) is 6.24. The third kappa shape index (κ3) is 4.36. The molecule has 0 aromatic rings. The number of fused-ring (bicyclic) bond motifs is 2. The standard InChI is InChI=1S/C25H41N3O2/c29-24(19-5-2-1-3-6-19)27-13-10-22(11-14-27)26-25(30)28-12-4-7-23(28)17-21-16-18-8-9-20(21)15-18/h18-23H,1-17H2,(H,26,30). The second kappa shape index (κ2) is 9.08. The summed E-state index contributed by atoms with van der Waals surface area (Å²) in [5, 5.41) is 3.34. The second-order valence-electron chi connectivity index (χ2n) is 11.0. The van der Waals surface area contributed by atoms with Crippen molar-refractivity contribution in [2.75, 3.05) is 19.6 Å². The Labute approximate surface area is 182 Å². The van der Waals surface area contributed by atoms with E-state index < -0.39 is 0 Å². The lowest BCUT2D eigenvalue weighted by molar-refractivity contribution is -0.137. The van der Waals surface area contributed by atoms with Crippen molar-refractivity contribution in [1.29, 1.82) is 0 Å². The van der Waals surface area contributed by atoms with Crippen molar-refractivity contribution < 1.29 is 9.59 Å². The van der Waals surface area contributed by atoms with Gasteiger partial charge in [0, 0.05) is 37.6 Å². The molecule has 5 heteroatoms. The normalized spacial score (nSPS) is 35.2. The molecule has 4 atom stereocenters. The predicted octanol–water partition coefficient (Wildman–Crippen LogP) is 4.56. The van der Waals surface area contributed by atoms with Crippen LogP contribution in [0.5, 0.6) is 0 Å². The lowest BCUT2D eigenvalue weighted by Crippen LogP contribution is -2.52. The third-order valence-electron chi connectivity index (χ3n) is 9.19. The summed E-state index contributed by atoms with van der Waals surface area (Å²) in [6.45, 7) is 2.56. The fourth-order valence-electron chi connectivity index (χ4n) is 7.47. The number of urea groups is 1. The van der Waals surface area contributed by atoms with Crippen molar-refractivity contribution in [2.45, 2.75) is 102 Å². The van der Waals surface area contributed by atoms with Gasteiger partial charge in [0.25, 0.3) is 0 Å². The molecule has 3 saturated carbocycles. The largest absolute Gasteiger partial charge is 0.342 e. The molecular weight excluding hydrogens is 374 g/mol. The summed E-state index contributed by atoms with van der Waals surface area (Å²) >= 11 is 0. The molecule has 168 valence electrons. The van der Waals surface area contributed by atoms with Gasteiger partial charge in [-0.2, -0.15) is 0 Å². The maximum Gasteiger partial charge on any atom is 0.317 e. The van der Waals surface area contributed by atoms with E-state index in [1.165, 1.54) is 57.8 Å². The van der Waals surface area contributed by atoms with E-state index in [0.717, 1.165) is 69.5 Å². The molecule has 2 heterocycles. The minimum atomic E-state index is 0.165. The molecule has 5 aliphatic rings. The topological polar surface area (TPSA) is 52.7 Å². The summed E-state index contributed by atoms with van der Waals surface area (Å²) in [6, 6.07) is 0.858. The Hall–Kier alpha value is -1.26. The minimum absolute atomic E-state index is 0.165. The molecule has 5 fully saturated rings. The molecule has 0 spiro atoms. The van der Waals surface area contributed by atoms with Gasteiger partial charge in [-0.25, -0.2) is 4.79 Å². The lowest BCUT2D eigenvalue weighted by Gasteiger charge is -2.36. The highest BCUT2D eigenvalue weighted by Gasteiger charge is 2.42. The van der Waals surface area contributed by atoms with E-state index >= 15 is 0 Å². The molecule has 2 saturated heterocycles. The van der Waals surface area contributed by atoms with Crippen LogP contribution in [-0.4, -0.2) is 53.5 Å². The number of nitrogens with one attached hydrogen (secondary N) is 1. The van der Waals surface area contributed by atoms with Gasteiger partial charge >= 0.3 is 6.03 Å². The number of nitrogens with zero attached hydrogens (tertiary/aromatic N) is 2. The summed E-state index contributed by atoms with van der Waals surface area (Å²) in [7, 11) is 0. The maximum atomic E-state index is 13.1. The molecule has 2 bridgehead atoms. The van der Waals surface area contributed by atoms with Crippen molar-refractivity contribution in [1.82, 2.24) is 15.1 Å². The van der Waals surface area contributed by atoms with Crippen LogP contribution >= 0.6 is 0 Å². The Morgan fingerprint density at radius 1 is 0.800 bits per heavy atom. The highest BCUT2D eigenvalue weighted by atomic mass is 16.2. The molecule has 30 heavy (non-hydrogen) atoms. The second-order valence-corrected chi connectivity index (χ2v) is 11.0. The fraction of sp³-hybridized carbons (Fsp3) is 0.920. The Bertz CT molecular complexity index is 624. The van der Waals surface area contributed by atoms with Crippen molar-refractivity contribution in [3.8, 4) is 0 Å². The Morgan fingerprint density at radius 3 is 2.30 bits per heavy atom. The number of carbonyl (C=O) groups is 2. The van der Waals surface area contributed by atoms with Gasteiger partial charge in [0.05, 0.1) is 0 Å². The van der Waals surface area contributed by atoms with Crippen molar-refractivity contribution in [3.63, 3.8) is 0 Å². The van der Waals surface area contributed by atoms with Gasteiger partial charge in [0.15, 0.2) is 0 Å². The first-order valence-electron chi connectivity index (χ1n) is 13.0. The van der Waals surface area contributed by atoms with Gasteiger partial charge in [-0.05, 0) is 82.0 Å². The number of hydrogen-bond acceptors (Lipinski definition) is 2. The van der Waals surface area contributed by atoms with E-state index in [1.54, 1.807) is 0 Å². The lowest BCUT2D eigenvalue weighted by atomic mass is 9.84. The summed E-state index contributed by atoms with van der Waals surface area (Å²) in [6.07, 6.45) is 17.1. The van der Waals surface area contributed by atoms with Crippen LogP contribution in [0, 0.1) is 23.7 Å². The zero-order valence-electron chi connectivity index (χ0n) is 18.7. The first kappa shape index (κ1) is 20.6. The molecule has 3 amide bonds. The summed E-state index contributed by atoms with van der Waals surface area (Å²) < 4.78 is 0. The van der Waals surface area contributed by atoms with Crippen molar-refractivity contribution in [3.05, 3.63) is 0 Å². The zero-order chi connectivity index (χ0) is 20.5. The molecule has 0 radical (unpaired) electrons. The Morgan fingerprint density at radius 2 is 1.60 bits per heavy atom. The van der Waals surface area contributed by atoms with Gasteiger partial charge in [-0.15, -0.1) is 0 Å².